The Morgan fingerprint density at radius 1 is 0.500 bits per heavy atom. The van der Waals surface area contributed by atoms with E-state index >= 15 is 0 Å². The summed E-state index contributed by atoms with van der Waals surface area (Å²) in [6.07, 6.45) is 8.15. The van der Waals surface area contributed by atoms with Crippen LogP contribution in [-0.4, -0.2) is 0 Å². The maximum absolute atomic E-state index is 6.65. The van der Waals surface area contributed by atoms with Crippen molar-refractivity contribution >= 4 is 22.6 Å². The smallest absolute Gasteiger partial charge is 0.132 e. The molecule has 276 valence electrons. The van der Waals surface area contributed by atoms with Crippen molar-refractivity contribution in [2.75, 3.05) is 4.90 Å². The predicted molar refractivity (Wildman–Crippen MR) is 242 cm³/mol. The van der Waals surface area contributed by atoms with E-state index in [4.69, 9.17) is 4.74 Å². The van der Waals surface area contributed by atoms with Gasteiger partial charge in [-0.25, -0.2) is 0 Å². The second-order valence-corrected chi connectivity index (χ2v) is 14.8. The molecule has 8 aromatic rings. The van der Waals surface area contributed by atoms with Gasteiger partial charge in [0.15, 0.2) is 0 Å². The van der Waals surface area contributed by atoms with Crippen molar-refractivity contribution in [2.45, 2.75) is 12.3 Å². The largest absolute Gasteiger partial charge is 0.457 e. The van der Waals surface area contributed by atoms with Gasteiger partial charge >= 0.3 is 0 Å². The van der Waals surface area contributed by atoms with Gasteiger partial charge in [-0.05, 0) is 99.5 Å². The zero-order valence-electron chi connectivity index (χ0n) is 32.3. The summed E-state index contributed by atoms with van der Waals surface area (Å²) in [5.41, 5.74) is 16.6. The van der Waals surface area contributed by atoms with Gasteiger partial charge in [0, 0.05) is 28.1 Å². The molecule has 2 heteroatoms. The summed E-state index contributed by atoms with van der Waals surface area (Å²) in [7, 11) is 0. The highest BCUT2D eigenvalue weighted by Crippen LogP contribution is 2.64. The molecule has 1 heterocycles. The first-order valence-corrected chi connectivity index (χ1v) is 19.9. The molecule has 1 aliphatic carbocycles. The normalized spacial score (nSPS) is 13.1. The second kappa shape index (κ2) is 14.6. The summed E-state index contributed by atoms with van der Waals surface area (Å²) in [6, 6.07) is 70.1. The van der Waals surface area contributed by atoms with Crippen LogP contribution >= 0.6 is 0 Å². The molecule has 0 aromatic heterocycles. The lowest BCUT2D eigenvalue weighted by molar-refractivity contribution is 0.436. The third-order valence-electron chi connectivity index (χ3n) is 11.6. The first kappa shape index (κ1) is 35.0. The Morgan fingerprint density at radius 2 is 1.07 bits per heavy atom. The van der Waals surface area contributed by atoms with Gasteiger partial charge in [0.1, 0.15) is 11.5 Å². The van der Waals surface area contributed by atoms with Crippen LogP contribution < -0.4 is 9.64 Å². The van der Waals surface area contributed by atoms with Gasteiger partial charge in [-0.15, -0.1) is 0 Å². The summed E-state index contributed by atoms with van der Waals surface area (Å²) < 4.78 is 6.65. The monoisotopic (exact) mass is 743 g/mol. The van der Waals surface area contributed by atoms with Crippen molar-refractivity contribution in [2.24, 2.45) is 0 Å². The van der Waals surface area contributed by atoms with Gasteiger partial charge in [-0.3, -0.25) is 0 Å². The fourth-order valence-electron chi connectivity index (χ4n) is 9.10. The van der Waals surface area contributed by atoms with E-state index in [9.17, 15) is 0 Å². The number of para-hydroxylation sites is 2. The zero-order valence-corrected chi connectivity index (χ0v) is 32.3. The molecule has 10 rings (SSSR count). The molecule has 0 saturated heterocycles. The molecule has 0 bridgehead atoms. The van der Waals surface area contributed by atoms with E-state index in [1.807, 2.05) is 25.2 Å². The van der Waals surface area contributed by atoms with Gasteiger partial charge in [0.05, 0.1) is 11.1 Å². The zero-order chi connectivity index (χ0) is 39.1. The third-order valence-corrected chi connectivity index (χ3v) is 11.6. The van der Waals surface area contributed by atoms with Crippen molar-refractivity contribution in [3.8, 4) is 44.9 Å². The lowest BCUT2D eigenvalue weighted by Gasteiger charge is -2.39. The third kappa shape index (κ3) is 5.64. The van der Waals surface area contributed by atoms with Crippen LogP contribution in [0.4, 0.5) is 17.1 Å². The summed E-state index contributed by atoms with van der Waals surface area (Å²) >= 11 is 0. The number of fused-ring (bicyclic) bond motifs is 9. The van der Waals surface area contributed by atoms with E-state index < -0.39 is 5.41 Å². The van der Waals surface area contributed by atoms with Crippen molar-refractivity contribution in [1.29, 1.82) is 0 Å². The van der Waals surface area contributed by atoms with Gasteiger partial charge in [-0.2, -0.15) is 0 Å². The van der Waals surface area contributed by atoms with Crippen LogP contribution in [0.3, 0.4) is 0 Å². The lowest BCUT2D eigenvalue weighted by Crippen LogP contribution is -2.32. The van der Waals surface area contributed by atoms with Gasteiger partial charge < -0.3 is 9.64 Å². The fourth-order valence-corrected chi connectivity index (χ4v) is 9.10. The molecule has 0 N–H and O–H groups in total. The highest BCUT2D eigenvalue weighted by molar-refractivity contribution is 5.99. The molecule has 0 atom stereocenters. The van der Waals surface area contributed by atoms with Gasteiger partial charge in [0.25, 0.3) is 0 Å². The number of nitrogens with zero attached hydrogens (tertiary/aromatic N) is 1. The maximum Gasteiger partial charge on any atom is 0.132 e. The minimum Gasteiger partial charge on any atom is -0.457 e. The van der Waals surface area contributed by atoms with Crippen molar-refractivity contribution < 1.29 is 4.74 Å². The molecular weight excluding hydrogens is 703 g/mol. The van der Waals surface area contributed by atoms with Crippen LogP contribution in [0, 0.1) is 0 Å². The first-order chi connectivity index (χ1) is 28.7. The number of ether oxygens (including phenoxy) is 1. The number of anilines is 3. The molecule has 1 aliphatic heterocycles. The Kier molecular flexibility index (Phi) is 8.81. The topological polar surface area (TPSA) is 12.5 Å². The second-order valence-electron chi connectivity index (χ2n) is 14.8. The predicted octanol–water partition coefficient (Wildman–Crippen LogP) is 15.1. The number of rotatable bonds is 8. The first-order valence-electron chi connectivity index (χ1n) is 19.9. The summed E-state index contributed by atoms with van der Waals surface area (Å²) in [6.45, 7) is 6.40. The Bertz CT molecular complexity index is 2840. The number of benzene rings is 8. The molecule has 0 amide bonds. The molecule has 0 fully saturated rings. The van der Waals surface area contributed by atoms with Crippen LogP contribution in [0.25, 0.3) is 39.0 Å². The van der Waals surface area contributed by atoms with E-state index in [-0.39, 0.29) is 0 Å². The highest BCUT2D eigenvalue weighted by Gasteiger charge is 2.51. The van der Waals surface area contributed by atoms with E-state index in [2.05, 4.69) is 212 Å². The number of hydrogen-bond donors (Lipinski definition) is 0. The summed E-state index contributed by atoms with van der Waals surface area (Å²) in [4.78, 5) is 2.44. The Balaban J connectivity index is 1.25. The van der Waals surface area contributed by atoms with Crippen molar-refractivity contribution in [3.63, 3.8) is 0 Å². The number of allylic oxidation sites excluding steroid dienone is 5. The van der Waals surface area contributed by atoms with E-state index in [0.717, 1.165) is 50.8 Å². The molecule has 1 spiro atoms. The van der Waals surface area contributed by atoms with Crippen LogP contribution in [0.2, 0.25) is 0 Å². The standard InChI is InChI=1S/C56H41NO/c1-3-4-7-19-39(2)40-32-34-43(35-33-40)57(44-36-37-45(41-20-8-5-9-21-41)47(38-44)42-22-10-6-11-23-42)52-29-18-28-51-55(52)46-24-12-13-25-48(46)56(51)49-26-14-16-30-53(49)58-54-31-17-15-27-50(54)56/h3-38H,2H2,1H3/b4-3-,19-7-. The van der Waals surface area contributed by atoms with E-state index in [1.165, 1.54) is 44.5 Å². The van der Waals surface area contributed by atoms with Crippen LogP contribution in [0.1, 0.15) is 34.7 Å². The molecule has 2 nitrogen and oxygen atoms in total. The van der Waals surface area contributed by atoms with Crippen molar-refractivity contribution in [1.82, 2.24) is 0 Å². The Hall–Kier alpha value is -7.42. The molecule has 58 heavy (non-hydrogen) atoms. The Morgan fingerprint density at radius 3 is 1.74 bits per heavy atom. The average molecular weight is 744 g/mol. The highest BCUT2D eigenvalue weighted by atomic mass is 16.5. The van der Waals surface area contributed by atoms with Crippen LogP contribution in [-0.2, 0) is 5.41 Å². The Labute approximate surface area is 341 Å². The van der Waals surface area contributed by atoms with Crippen LogP contribution in [0.5, 0.6) is 11.5 Å². The van der Waals surface area contributed by atoms with E-state index in [1.54, 1.807) is 0 Å². The van der Waals surface area contributed by atoms with E-state index in [0.29, 0.717) is 0 Å². The van der Waals surface area contributed by atoms with Crippen LogP contribution in [0.15, 0.2) is 225 Å². The number of hydrogen-bond acceptors (Lipinski definition) is 2. The summed E-state index contributed by atoms with van der Waals surface area (Å²) in [5, 5.41) is 0. The molecule has 0 unspecified atom stereocenters. The summed E-state index contributed by atoms with van der Waals surface area (Å²) in [5.74, 6) is 1.77. The van der Waals surface area contributed by atoms with Gasteiger partial charge in [-0.1, -0.05) is 183 Å². The van der Waals surface area contributed by atoms with Gasteiger partial charge in [0.2, 0.25) is 0 Å². The minimum atomic E-state index is -0.577. The molecule has 0 saturated carbocycles. The lowest BCUT2D eigenvalue weighted by atomic mass is 9.66. The molecular formula is C56H41NO. The molecule has 8 aromatic carbocycles. The fraction of sp³-hybridized carbons (Fsp3) is 0.0357. The maximum atomic E-state index is 6.65. The SMILES string of the molecule is C=C(/C=C\C=C/C)c1ccc(N(c2ccc(-c3ccccc3)c(-c3ccccc3)c2)c2cccc3c2-c2ccccc2C32c3ccccc3Oc3ccccc32)cc1. The quantitative estimate of drug-likeness (QED) is 0.144. The average Bonchev–Trinajstić information content (AvgIpc) is 3.58. The van der Waals surface area contributed by atoms with Crippen molar-refractivity contribution in [3.05, 3.63) is 253 Å². The molecule has 2 aliphatic rings. The minimum absolute atomic E-state index is 0.577. The molecule has 0 radical (unpaired) electrons.